The lowest BCUT2D eigenvalue weighted by molar-refractivity contribution is 0.454. The number of anilines is 1. The standard InChI is InChI=1S/C13H14BrN3O/c1-8-6-10(14)4-5-11(8)18-13-9(2)12(15-3)16-7-17-13/h4-7H,1-3H3,(H,15,16,17). The van der Waals surface area contributed by atoms with Gasteiger partial charge in [0.15, 0.2) is 0 Å². The van der Waals surface area contributed by atoms with E-state index in [9.17, 15) is 0 Å². The Morgan fingerprint density at radius 3 is 2.67 bits per heavy atom. The smallest absolute Gasteiger partial charge is 0.227 e. The van der Waals surface area contributed by atoms with Gasteiger partial charge in [0, 0.05) is 11.5 Å². The van der Waals surface area contributed by atoms with Gasteiger partial charge in [-0.25, -0.2) is 9.97 Å². The molecule has 0 aliphatic heterocycles. The topological polar surface area (TPSA) is 47.0 Å². The molecule has 2 rings (SSSR count). The number of hydrogen-bond donors (Lipinski definition) is 1. The van der Waals surface area contributed by atoms with Gasteiger partial charge in [-0.1, -0.05) is 15.9 Å². The first kappa shape index (κ1) is 12.8. The monoisotopic (exact) mass is 307 g/mol. The van der Waals surface area contributed by atoms with Crippen LogP contribution in [0.25, 0.3) is 0 Å². The Labute approximate surface area is 115 Å². The van der Waals surface area contributed by atoms with Crippen LogP contribution in [0.3, 0.4) is 0 Å². The van der Waals surface area contributed by atoms with Crippen molar-refractivity contribution in [3.8, 4) is 11.6 Å². The predicted molar refractivity (Wildman–Crippen MR) is 75.3 cm³/mol. The number of hydrogen-bond acceptors (Lipinski definition) is 4. The normalized spacial score (nSPS) is 10.2. The van der Waals surface area contributed by atoms with Crippen molar-refractivity contribution in [2.45, 2.75) is 13.8 Å². The fourth-order valence-corrected chi connectivity index (χ4v) is 2.10. The summed E-state index contributed by atoms with van der Waals surface area (Å²) in [5.74, 6) is 2.14. The molecule has 1 aromatic heterocycles. The molecule has 0 saturated heterocycles. The van der Waals surface area contributed by atoms with Crippen molar-refractivity contribution in [1.82, 2.24) is 9.97 Å². The van der Waals surface area contributed by atoms with Crippen LogP contribution in [0, 0.1) is 13.8 Å². The van der Waals surface area contributed by atoms with E-state index in [0.29, 0.717) is 5.88 Å². The number of aryl methyl sites for hydroxylation is 1. The maximum atomic E-state index is 5.83. The van der Waals surface area contributed by atoms with Crippen molar-refractivity contribution in [2.75, 3.05) is 12.4 Å². The number of ether oxygens (including phenoxy) is 1. The lowest BCUT2D eigenvalue weighted by Crippen LogP contribution is -2.00. The number of halogens is 1. The molecule has 0 unspecified atom stereocenters. The zero-order valence-corrected chi connectivity index (χ0v) is 12.1. The highest BCUT2D eigenvalue weighted by Gasteiger charge is 2.09. The van der Waals surface area contributed by atoms with Crippen molar-refractivity contribution in [3.63, 3.8) is 0 Å². The van der Waals surface area contributed by atoms with Crippen LogP contribution in [0.2, 0.25) is 0 Å². The van der Waals surface area contributed by atoms with E-state index in [1.807, 2.05) is 39.1 Å². The van der Waals surface area contributed by atoms with Crippen LogP contribution in [0.5, 0.6) is 11.6 Å². The lowest BCUT2D eigenvalue weighted by atomic mass is 10.2. The number of rotatable bonds is 3. The quantitative estimate of drug-likeness (QED) is 0.939. The molecule has 1 N–H and O–H groups in total. The molecule has 0 saturated carbocycles. The highest BCUT2D eigenvalue weighted by atomic mass is 79.9. The van der Waals surface area contributed by atoms with Gasteiger partial charge < -0.3 is 10.1 Å². The van der Waals surface area contributed by atoms with Crippen molar-refractivity contribution < 1.29 is 4.74 Å². The molecule has 2 aromatic rings. The molecule has 5 heteroatoms. The summed E-state index contributed by atoms with van der Waals surface area (Å²) in [5, 5.41) is 3.01. The van der Waals surface area contributed by atoms with E-state index in [1.54, 1.807) is 0 Å². The SMILES string of the molecule is CNc1ncnc(Oc2ccc(Br)cc2C)c1C. The predicted octanol–water partition coefficient (Wildman–Crippen LogP) is 3.69. The summed E-state index contributed by atoms with van der Waals surface area (Å²) < 4.78 is 6.86. The zero-order valence-electron chi connectivity index (χ0n) is 10.5. The van der Waals surface area contributed by atoms with Gasteiger partial charge in [-0.15, -0.1) is 0 Å². The minimum absolute atomic E-state index is 0.569. The van der Waals surface area contributed by atoms with E-state index in [4.69, 9.17) is 4.74 Å². The van der Waals surface area contributed by atoms with E-state index in [0.717, 1.165) is 27.2 Å². The highest BCUT2D eigenvalue weighted by molar-refractivity contribution is 9.10. The second-order valence-electron chi connectivity index (χ2n) is 3.91. The first-order valence-corrected chi connectivity index (χ1v) is 6.34. The summed E-state index contributed by atoms with van der Waals surface area (Å²) in [6.07, 6.45) is 1.49. The number of benzene rings is 1. The average Bonchev–Trinajstić information content (AvgIpc) is 2.35. The van der Waals surface area contributed by atoms with Gasteiger partial charge in [-0.2, -0.15) is 0 Å². The van der Waals surface area contributed by atoms with Gasteiger partial charge in [-0.05, 0) is 37.6 Å². The largest absolute Gasteiger partial charge is 0.438 e. The van der Waals surface area contributed by atoms with Gasteiger partial charge in [0.2, 0.25) is 5.88 Å². The molecule has 1 aromatic carbocycles. The van der Waals surface area contributed by atoms with Crippen molar-refractivity contribution >= 4 is 21.7 Å². The fourth-order valence-electron chi connectivity index (χ4n) is 1.62. The Morgan fingerprint density at radius 2 is 2.00 bits per heavy atom. The summed E-state index contributed by atoms with van der Waals surface area (Å²) >= 11 is 3.43. The molecule has 0 fully saturated rings. The van der Waals surface area contributed by atoms with Gasteiger partial charge in [0.05, 0.1) is 5.56 Å². The summed E-state index contributed by atoms with van der Waals surface area (Å²) in [5.41, 5.74) is 1.94. The van der Waals surface area contributed by atoms with E-state index in [2.05, 4.69) is 31.2 Å². The minimum atomic E-state index is 0.569. The van der Waals surface area contributed by atoms with E-state index in [-0.39, 0.29) is 0 Å². The van der Waals surface area contributed by atoms with Gasteiger partial charge in [0.25, 0.3) is 0 Å². The summed E-state index contributed by atoms with van der Waals surface area (Å²) in [4.78, 5) is 8.29. The van der Waals surface area contributed by atoms with Crippen LogP contribution >= 0.6 is 15.9 Å². The first-order valence-electron chi connectivity index (χ1n) is 5.55. The van der Waals surface area contributed by atoms with Crippen LogP contribution in [-0.2, 0) is 0 Å². The molecule has 0 atom stereocenters. The highest BCUT2D eigenvalue weighted by Crippen LogP contribution is 2.29. The Kier molecular flexibility index (Phi) is 3.81. The van der Waals surface area contributed by atoms with E-state index in [1.165, 1.54) is 6.33 Å². The van der Waals surface area contributed by atoms with Crippen molar-refractivity contribution in [1.29, 1.82) is 0 Å². The average molecular weight is 308 g/mol. The second-order valence-corrected chi connectivity index (χ2v) is 4.83. The lowest BCUT2D eigenvalue weighted by Gasteiger charge is -2.11. The molecule has 0 amide bonds. The summed E-state index contributed by atoms with van der Waals surface area (Å²) in [7, 11) is 1.82. The third-order valence-electron chi connectivity index (χ3n) is 2.62. The molecule has 0 bridgehead atoms. The molecule has 4 nitrogen and oxygen atoms in total. The molecule has 0 aliphatic carbocycles. The van der Waals surface area contributed by atoms with Crippen LogP contribution in [0.15, 0.2) is 29.0 Å². The molecule has 0 radical (unpaired) electrons. The van der Waals surface area contributed by atoms with E-state index >= 15 is 0 Å². The maximum absolute atomic E-state index is 5.83. The number of nitrogens with zero attached hydrogens (tertiary/aromatic N) is 2. The van der Waals surface area contributed by atoms with Crippen LogP contribution in [-0.4, -0.2) is 17.0 Å². The molecule has 18 heavy (non-hydrogen) atoms. The molecule has 1 heterocycles. The number of aromatic nitrogens is 2. The Hall–Kier alpha value is -1.62. The Morgan fingerprint density at radius 1 is 1.22 bits per heavy atom. The zero-order chi connectivity index (χ0) is 13.1. The maximum Gasteiger partial charge on any atom is 0.227 e. The van der Waals surface area contributed by atoms with Crippen molar-refractivity contribution in [2.24, 2.45) is 0 Å². The van der Waals surface area contributed by atoms with Gasteiger partial charge >= 0.3 is 0 Å². The van der Waals surface area contributed by atoms with Crippen molar-refractivity contribution in [3.05, 3.63) is 40.1 Å². The van der Waals surface area contributed by atoms with Crippen LogP contribution in [0.1, 0.15) is 11.1 Å². The molecule has 94 valence electrons. The molecule has 0 spiro atoms. The molecule has 0 aliphatic rings. The fraction of sp³-hybridized carbons (Fsp3) is 0.231. The Bertz CT molecular complexity index is 572. The van der Waals surface area contributed by atoms with E-state index < -0.39 is 0 Å². The molecular formula is C13H14BrN3O. The Balaban J connectivity index is 2.34. The van der Waals surface area contributed by atoms with Gasteiger partial charge in [0.1, 0.15) is 17.9 Å². The third kappa shape index (κ3) is 2.61. The first-order chi connectivity index (χ1) is 8.61. The van der Waals surface area contributed by atoms with Crippen LogP contribution < -0.4 is 10.1 Å². The minimum Gasteiger partial charge on any atom is -0.438 e. The summed E-state index contributed by atoms with van der Waals surface area (Å²) in [6, 6.07) is 5.86. The third-order valence-corrected chi connectivity index (χ3v) is 3.11. The van der Waals surface area contributed by atoms with Crippen LogP contribution in [0.4, 0.5) is 5.82 Å². The second kappa shape index (κ2) is 5.35. The number of nitrogens with one attached hydrogen (secondary N) is 1. The van der Waals surface area contributed by atoms with Gasteiger partial charge in [-0.3, -0.25) is 0 Å². The summed E-state index contributed by atoms with van der Waals surface area (Å²) in [6.45, 7) is 3.92. The molecular weight excluding hydrogens is 294 g/mol.